The standard InChI is InChI=1S/C17H15FN4O2/c1-11(19-17(24)14-8-7-13(23)9-15(14)18)16-10-22(21-20-16)12-5-3-2-4-6-12/h2-11,23H,1H3,(H,19,24). The van der Waals surface area contributed by atoms with E-state index in [1.54, 1.807) is 17.8 Å². The number of hydrogen-bond donors (Lipinski definition) is 2. The normalized spacial score (nSPS) is 11.9. The summed E-state index contributed by atoms with van der Waals surface area (Å²) in [4.78, 5) is 12.1. The quantitative estimate of drug-likeness (QED) is 0.772. The fourth-order valence-corrected chi connectivity index (χ4v) is 2.22. The van der Waals surface area contributed by atoms with Gasteiger partial charge in [0.05, 0.1) is 23.5 Å². The highest BCUT2D eigenvalue weighted by atomic mass is 19.1. The van der Waals surface area contributed by atoms with Gasteiger partial charge in [-0.25, -0.2) is 9.07 Å². The summed E-state index contributed by atoms with van der Waals surface area (Å²) in [5, 5.41) is 19.9. The molecular formula is C17H15FN4O2. The van der Waals surface area contributed by atoms with Gasteiger partial charge in [-0.1, -0.05) is 23.4 Å². The van der Waals surface area contributed by atoms with Crippen molar-refractivity contribution in [2.45, 2.75) is 13.0 Å². The lowest BCUT2D eigenvalue weighted by atomic mass is 10.1. The Morgan fingerprint density at radius 1 is 1.25 bits per heavy atom. The molecule has 2 N–H and O–H groups in total. The van der Waals surface area contributed by atoms with E-state index in [0.29, 0.717) is 5.69 Å². The number of halogens is 1. The summed E-state index contributed by atoms with van der Waals surface area (Å²) in [6.07, 6.45) is 1.70. The van der Waals surface area contributed by atoms with Gasteiger partial charge in [0, 0.05) is 6.07 Å². The van der Waals surface area contributed by atoms with Crippen LogP contribution in [0.1, 0.15) is 29.0 Å². The highest BCUT2D eigenvalue weighted by molar-refractivity contribution is 5.94. The molecule has 1 aromatic heterocycles. The number of carbonyl (C=O) groups is 1. The van der Waals surface area contributed by atoms with Crippen LogP contribution in [0.4, 0.5) is 4.39 Å². The Labute approximate surface area is 137 Å². The summed E-state index contributed by atoms with van der Waals surface area (Å²) in [6.45, 7) is 1.73. The topological polar surface area (TPSA) is 80.0 Å². The van der Waals surface area contributed by atoms with Crippen LogP contribution in [0, 0.1) is 5.82 Å². The van der Waals surface area contributed by atoms with Gasteiger partial charge < -0.3 is 10.4 Å². The van der Waals surface area contributed by atoms with Crippen LogP contribution in [0.5, 0.6) is 5.75 Å². The maximum Gasteiger partial charge on any atom is 0.254 e. The van der Waals surface area contributed by atoms with Gasteiger partial charge in [-0.15, -0.1) is 5.10 Å². The van der Waals surface area contributed by atoms with Crippen molar-refractivity contribution in [2.75, 3.05) is 0 Å². The number of benzene rings is 2. The van der Waals surface area contributed by atoms with Crippen LogP contribution < -0.4 is 5.32 Å². The highest BCUT2D eigenvalue weighted by Crippen LogP contribution is 2.17. The third-order valence-electron chi connectivity index (χ3n) is 3.52. The molecule has 0 saturated heterocycles. The van der Waals surface area contributed by atoms with Crippen molar-refractivity contribution in [2.24, 2.45) is 0 Å². The first-order valence-electron chi connectivity index (χ1n) is 7.31. The van der Waals surface area contributed by atoms with Crippen molar-refractivity contribution in [3.8, 4) is 11.4 Å². The van der Waals surface area contributed by atoms with Gasteiger partial charge in [0.15, 0.2) is 0 Å². The number of rotatable bonds is 4. The SMILES string of the molecule is CC(NC(=O)c1ccc(O)cc1F)c1cn(-c2ccccc2)nn1. The van der Waals surface area contributed by atoms with Crippen LogP contribution in [-0.2, 0) is 0 Å². The van der Waals surface area contributed by atoms with Crippen LogP contribution in [0.3, 0.4) is 0 Å². The zero-order chi connectivity index (χ0) is 17.1. The molecule has 3 rings (SSSR count). The number of aromatic hydroxyl groups is 1. The minimum Gasteiger partial charge on any atom is -0.508 e. The Balaban J connectivity index is 1.74. The molecule has 0 radical (unpaired) electrons. The minimum absolute atomic E-state index is 0.143. The highest BCUT2D eigenvalue weighted by Gasteiger charge is 2.17. The van der Waals surface area contributed by atoms with E-state index >= 15 is 0 Å². The number of para-hydroxylation sites is 1. The van der Waals surface area contributed by atoms with E-state index in [4.69, 9.17) is 0 Å². The monoisotopic (exact) mass is 326 g/mol. The lowest BCUT2D eigenvalue weighted by Crippen LogP contribution is -2.27. The van der Waals surface area contributed by atoms with Gasteiger partial charge in [0.25, 0.3) is 5.91 Å². The number of nitrogens with one attached hydrogen (secondary N) is 1. The summed E-state index contributed by atoms with van der Waals surface area (Å²) in [5.41, 5.74) is 1.25. The lowest BCUT2D eigenvalue weighted by Gasteiger charge is -2.11. The molecular weight excluding hydrogens is 311 g/mol. The van der Waals surface area contributed by atoms with Gasteiger partial charge in [-0.3, -0.25) is 4.79 Å². The number of carbonyl (C=O) groups excluding carboxylic acids is 1. The van der Waals surface area contributed by atoms with Crippen LogP contribution in [0.2, 0.25) is 0 Å². The predicted octanol–water partition coefficient (Wildman–Crippen LogP) is 2.60. The zero-order valence-electron chi connectivity index (χ0n) is 12.8. The van der Waals surface area contributed by atoms with Gasteiger partial charge in [0.1, 0.15) is 17.3 Å². The largest absolute Gasteiger partial charge is 0.508 e. The van der Waals surface area contributed by atoms with Gasteiger partial charge in [-0.05, 0) is 31.2 Å². The fourth-order valence-electron chi connectivity index (χ4n) is 2.22. The minimum atomic E-state index is -0.785. The lowest BCUT2D eigenvalue weighted by molar-refractivity contribution is 0.0935. The Kier molecular flexibility index (Phi) is 4.24. The Bertz CT molecular complexity index is 864. The van der Waals surface area contributed by atoms with Crippen molar-refractivity contribution in [1.82, 2.24) is 20.3 Å². The average Bonchev–Trinajstić information content (AvgIpc) is 3.05. The molecule has 122 valence electrons. The first-order valence-corrected chi connectivity index (χ1v) is 7.31. The second kappa shape index (κ2) is 6.49. The molecule has 3 aromatic rings. The number of hydrogen-bond acceptors (Lipinski definition) is 4. The summed E-state index contributed by atoms with van der Waals surface area (Å²) in [6, 6.07) is 12.4. The van der Waals surface area contributed by atoms with Crippen molar-refractivity contribution < 1.29 is 14.3 Å². The molecule has 0 aliphatic carbocycles. The number of aromatic nitrogens is 3. The molecule has 0 saturated carbocycles. The van der Waals surface area contributed by atoms with Gasteiger partial charge in [0.2, 0.25) is 0 Å². The van der Waals surface area contributed by atoms with Crippen LogP contribution in [0.15, 0.2) is 54.7 Å². The first kappa shape index (κ1) is 15.7. The van der Waals surface area contributed by atoms with Crippen LogP contribution >= 0.6 is 0 Å². The first-order chi connectivity index (χ1) is 11.5. The summed E-state index contributed by atoms with van der Waals surface area (Å²) >= 11 is 0. The molecule has 1 atom stereocenters. The molecule has 24 heavy (non-hydrogen) atoms. The number of phenols is 1. The molecule has 1 heterocycles. The van der Waals surface area contributed by atoms with Crippen molar-refractivity contribution >= 4 is 5.91 Å². The molecule has 0 aliphatic rings. The van der Waals surface area contributed by atoms with Gasteiger partial charge >= 0.3 is 0 Å². The van der Waals surface area contributed by atoms with Crippen molar-refractivity contribution in [3.63, 3.8) is 0 Å². The smallest absolute Gasteiger partial charge is 0.254 e. The van der Waals surface area contributed by atoms with Crippen molar-refractivity contribution in [3.05, 3.63) is 71.8 Å². The molecule has 2 aromatic carbocycles. The summed E-state index contributed by atoms with van der Waals surface area (Å²) < 4.78 is 15.3. The second-order valence-electron chi connectivity index (χ2n) is 5.28. The van der Waals surface area contributed by atoms with E-state index in [1.807, 2.05) is 30.3 Å². The predicted molar refractivity (Wildman–Crippen MR) is 85.3 cm³/mol. The molecule has 1 unspecified atom stereocenters. The van der Waals surface area contributed by atoms with E-state index in [1.165, 1.54) is 12.1 Å². The third-order valence-corrected chi connectivity index (χ3v) is 3.52. The fraction of sp³-hybridized carbons (Fsp3) is 0.118. The maximum atomic E-state index is 13.7. The van der Waals surface area contributed by atoms with E-state index in [-0.39, 0.29) is 11.3 Å². The summed E-state index contributed by atoms with van der Waals surface area (Å²) in [5.74, 6) is -1.61. The number of phenolic OH excluding ortho intramolecular Hbond substituents is 1. The number of amides is 1. The second-order valence-corrected chi connectivity index (χ2v) is 5.28. The van der Waals surface area contributed by atoms with Crippen LogP contribution in [0.25, 0.3) is 5.69 Å². The third kappa shape index (κ3) is 3.24. The summed E-state index contributed by atoms with van der Waals surface area (Å²) in [7, 11) is 0. The van der Waals surface area contributed by atoms with E-state index in [2.05, 4.69) is 15.6 Å². The molecule has 0 aliphatic heterocycles. The average molecular weight is 326 g/mol. The van der Waals surface area contributed by atoms with Crippen LogP contribution in [-0.4, -0.2) is 26.0 Å². The Hall–Kier alpha value is -3.22. The van der Waals surface area contributed by atoms with E-state index in [9.17, 15) is 14.3 Å². The maximum absolute atomic E-state index is 13.7. The van der Waals surface area contributed by atoms with E-state index in [0.717, 1.165) is 11.8 Å². The van der Waals surface area contributed by atoms with Crippen molar-refractivity contribution in [1.29, 1.82) is 0 Å². The molecule has 1 amide bonds. The molecule has 0 spiro atoms. The van der Waals surface area contributed by atoms with E-state index < -0.39 is 17.8 Å². The molecule has 0 fully saturated rings. The Morgan fingerprint density at radius 2 is 2.00 bits per heavy atom. The Morgan fingerprint density at radius 3 is 2.71 bits per heavy atom. The zero-order valence-corrected chi connectivity index (χ0v) is 12.8. The molecule has 6 nitrogen and oxygen atoms in total. The van der Waals surface area contributed by atoms with Gasteiger partial charge in [-0.2, -0.15) is 0 Å². The molecule has 0 bridgehead atoms. The number of nitrogens with zero attached hydrogens (tertiary/aromatic N) is 3. The molecule has 7 heteroatoms.